The predicted octanol–water partition coefficient (Wildman–Crippen LogP) is 3.20. The molecule has 0 saturated carbocycles. The van der Waals surface area contributed by atoms with Gasteiger partial charge in [-0.2, -0.15) is 0 Å². The zero-order valence-corrected chi connectivity index (χ0v) is 17.4. The molecule has 0 saturated heterocycles. The summed E-state index contributed by atoms with van der Waals surface area (Å²) in [6, 6.07) is 15.0. The van der Waals surface area contributed by atoms with Crippen LogP contribution in [0.2, 0.25) is 0 Å². The Morgan fingerprint density at radius 3 is 2.54 bits per heavy atom. The summed E-state index contributed by atoms with van der Waals surface area (Å²) in [6.45, 7) is 4.80. The van der Waals surface area contributed by atoms with Crippen molar-refractivity contribution in [1.82, 2.24) is 10.2 Å². The third-order valence-corrected chi connectivity index (χ3v) is 4.44. The number of hydrogen-bond acceptors (Lipinski definition) is 4. The number of halogens is 1. The van der Waals surface area contributed by atoms with E-state index in [4.69, 9.17) is 4.74 Å². The number of ether oxygens (including phenoxy) is 1. The molecule has 0 aromatic heterocycles. The number of benzene rings is 2. The molecule has 2 N–H and O–H groups in total. The molecule has 0 spiro atoms. The molecule has 6 nitrogen and oxygen atoms in total. The summed E-state index contributed by atoms with van der Waals surface area (Å²) in [5, 5.41) is 5.38. The van der Waals surface area contributed by atoms with Crippen molar-refractivity contribution < 1.29 is 14.3 Å². The number of anilines is 1. The third-order valence-electron chi connectivity index (χ3n) is 3.75. The van der Waals surface area contributed by atoms with Crippen LogP contribution in [-0.2, 0) is 16.1 Å². The fourth-order valence-electron chi connectivity index (χ4n) is 2.45. The van der Waals surface area contributed by atoms with Crippen LogP contribution in [0.3, 0.4) is 0 Å². The second-order valence-electron chi connectivity index (χ2n) is 6.22. The zero-order chi connectivity index (χ0) is 20.4. The molecular weight excluding hydrogens is 422 g/mol. The van der Waals surface area contributed by atoms with E-state index >= 15 is 0 Å². The molecule has 0 radical (unpaired) electrons. The highest BCUT2D eigenvalue weighted by Crippen LogP contribution is 2.20. The third kappa shape index (κ3) is 7.54. The standard InChI is InChI=1S/C21H24BrN3O3/c1-3-12-28-17-10-8-16(9-11-17)14-25(2)15-21(27)23-13-20(26)24-19-7-5-4-6-18(19)22/h3-11H,1,12-15H2,2H3,(H,23,27)(H,24,26). The lowest BCUT2D eigenvalue weighted by Gasteiger charge is -2.16. The van der Waals surface area contributed by atoms with Gasteiger partial charge in [0.25, 0.3) is 0 Å². The number of nitrogens with one attached hydrogen (secondary N) is 2. The minimum absolute atomic E-state index is 0.0800. The van der Waals surface area contributed by atoms with Crippen LogP contribution in [0.15, 0.2) is 65.7 Å². The first kappa shape index (κ1) is 21.7. The van der Waals surface area contributed by atoms with Gasteiger partial charge in [-0.25, -0.2) is 0 Å². The molecule has 0 fully saturated rings. The molecule has 0 aliphatic carbocycles. The van der Waals surface area contributed by atoms with Gasteiger partial charge in [-0.1, -0.05) is 36.9 Å². The summed E-state index contributed by atoms with van der Waals surface area (Å²) in [4.78, 5) is 25.9. The molecule has 0 atom stereocenters. The quantitative estimate of drug-likeness (QED) is 0.550. The number of nitrogens with zero attached hydrogens (tertiary/aromatic N) is 1. The normalized spacial score (nSPS) is 10.4. The number of para-hydroxylation sites is 1. The maximum absolute atomic E-state index is 12.1. The van der Waals surface area contributed by atoms with E-state index in [2.05, 4.69) is 33.1 Å². The van der Waals surface area contributed by atoms with E-state index in [1.807, 2.05) is 54.4 Å². The van der Waals surface area contributed by atoms with E-state index < -0.39 is 0 Å². The molecule has 28 heavy (non-hydrogen) atoms. The summed E-state index contributed by atoms with van der Waals surface area (Å²) in [5.74, 6) is 0.286. The lowest BCUT2D eigenvalue weighted by atomic mass is 10.2. The molecule has 0 bridgehead atoms. The van der Waals surface area contributed by atoms with Crippen LogP contribution in [0, 0.1) is 0 Å². The maximum atomic E-state index is 12.1. The number of carbonyl (C=O) groups is 2. The fourth-order valence-corrected chi connectivity index (χ4v) is 2.83. The molecule has 0 heterocycles. The first-order valence-corrected chi connectivity index (χ1v) is 9.59. The van der Waals surface area contributed by atoms with Crippen molar-refractivity contribution in [3.8, 4) is 5.75 Å². The highest BCUT2D eigenvalue weighted by atomic mass is 79.9. The molecule has 0 aliphatic rings. The summed E-state index contributed by atoms with van der Waals surface area (Å²) < 4.78 is 6.23. The second-order valence-corrected chi connectivity index (χ2v) is 7.08. The van der Waals surface area contributed by atoms with Crippen LogP contribution in [-0.4, -0.2) is 43.5 Å². The molecule has 2 aromatic carbocycles. The predicted molar refractivity (Wildman–Crippen MR) is 114 cm³/mol. The first-order chi connectivity index (χ1) is 13.5. The zero-order valence-electron chi connectivity index (χ0n) is 15.8. The SMILES string of the molecule is C=CCOc1ccc(CN(C)CC(=O)NCC(=O)Nc2ccccc2Br)cc1. The second kappa shape index (κ2) is 11.3. The maximum Gasteiger partial charge on any atom is 0.243 e. The van der Waals surface area contributed by atoms with Crippen molar-refractivity contribution in [3.05, 3.63) is 71.2 Å². The summed E-state index contributed by atoms with van der Waals surface area (Å²) in [5.41, 5.74) is 1.73. The minimum Gasteiger partial charge on any atom is -0.490 e. The van der Waals surface area contributed by atoms with Gasteiger partial charge in [0.2, 0.25) is 11.8 Å². The molecule has 0 unspecified atom stereocenters. The molecule has 2 aromatic rings. The largest absolute Gasteiger partial charge is 0.490 e. The topological polar surface area (TPSA) is 70.7 Å². The van der Waals surface area contributed by atoms with Crippen molar-refractivity contribution in [2.45, 2.75) is 6.54 Å². The summed E-state index contributed by atoms with van der Waals surface area (Å²) in [6.07, 6.45) is 1.69. The van der Waals surface area contributed by atoms with E-state index in [0.717, 1.165) is 15.8 Å². The fraction of sp³-hybridized carbons (Fsp3) is 0.238. The molecule has 7 heteroatoms. The van der Waals surface area contributed by atoms with Gasteiger partial charge in [0, 0.05) is 11.0 Å². The van der Waals surface area contributed by atoms with E-state index in [1.165, 1.54) is 0 Å². The Balaban J connectivity index is 1.72. The average molecular weight is 446 g/mol. The Morgan fingerprint density at radius 2 is 1.86 bits per heavy atom. The Bertz CT molecular complexity index is 809. The van der Waals surface area contributed by atoms with Crippen molar-refractivity contribution in [2.75, 3.05) is 32.1 Å². The van der Waals surface area contributed by atoms with Crippen LogP contribution in [0.1, 0.15) is 5.56 Å². The van der Waals surface area contributed by atoms with Crippen LogP contribution in [0.4, 0.5) is 5.69 Å². The summed E-state index contributed by atoms with van der Waals surface area (Å²) >= 11 is 3.36. The van der Waals surface area contributed by atoms with E-state index in [-0.39, 0.29) is 24.9 Å². The molecule has 2 rings (SSSR count). The lowest BCUT2D eigenvalue weighted by Crippen LogP contribution is -2.39. The number of amides is 2. The van der Waals surface area contributed by atoms with Crippen LogP contribution in [0.5, 0.6) is 5.75 Å². The number of likely N-dealkylation sites (N-methyl/N-ethyl adjacent to an activating group) is 1. The molecule has 2 amide bonds. The van der Waals surface area contributed by atoms with E-state index in [9.17, 15) is 9.59 Å². The van der Waals surface area contributed by atoms with Gasteiger partial charge in [0.15, 0.2) is 0 Å². The Kier molecular flexibility index (Phi) is 8.71. The molecule has 148 valence electrons. The Hall–Kier alpha value is -2.64. The van der Waals surface area contributed by atoms with Gasteiger partial charge in [0.1, 0.15) is 12.4 Å². The highest BCUT2D eigenvalue weighted by Gasteiger charge is 2.10. The molecular formula is C21H24BrN3O3. The van der Waals surface area contributed by atoms with Crippen molar-refractivity contribution in [2.24, 2.45) is 0 Å². The highest BCUT2D eigenvalue weighted by molar-refractivity contribution is 9.10. The van der Waals surface area contributed by atoms with Gasteiger partial charge in [0.05, 0.1) is 18.8 Å². The van der Waals surface area contributed by atoms with Crippen LogP contribution in [0.25, 0.3) is 0 Å². The van der Waals surface area contributed by atoms with Crippen molar-refractivity contribution in [3.63, 3.8) is 0 Å². The smallest absolute Gasteiger partial charge is 0.243 e. The number of rotatable bonds is 10. The minimum atomic E-state index is -0.280. The monoisotopic (exact) mass is 445 g/mol. The van der Waals surface area contributed by atoms with Crippen molar-refractivity contribution in [1.29, 1.82) is 0 Å². The van der Waals surface area contributed by atoms with Crippen LogP contribution < -0.4 is 15.4 Å². The van der Waals surface area contributed by atoms with Gasteiger partial charge >= 0.3 is 0 Å². The van der Waals surface area contributed by atoms with Gasteiger partial charge in [-0.3, -0.25) is 14.5 Å². The van der Waals surface area contributed by atoms with Gasteiger partial charge in [-0.05, 0) is 52.8 Å². The van der Waals surface area contributed by atoms with E-state index in [0.29, 0.717) is 18.8 Å². The first-order valence-electron chi connectivity index (χ1n) is 8.80. The van der Waals surface area contributed by atoms with Crippen molar-refractivity contribution >= 4 is 33.4 Å². The van der Waals surface area contributed by atoms with Crippen LogP contribution >= 0.6 is 15.9 Å². The lowest BCUT2D eigenvalue weighted by molar-refractivity contribution is -0.124. The summed E-state index contributed by atoms with van der Waals surface area (Å²) in [7, 11) is 1.85. The Morgan fingerprint density at radius 1 is 1.14 bits per heavy atom. The number of hydrogen-bond donors (Lipinski definition) is 2. The Labute approximate surface area is 173 Å². The molecule has 0 aliphatic heterocycles. The average Bonchev–Trinajstić information content (AvgIpc) is 2.67. The number of carbonyl (C=O) groups excluding carboxylic acids is 2. The van der Waals surface area contributed by atoms with E-state index in [1.54, 1.807) is 12.1 Å². The van der Waals surface area contributed by atoms with Gasteiger partial charge in [-0.15, -0.1) is 0 Å². The van der Waals surface area contributed by atoms with Gasteiger partial charge < -0.3 is 15.4 Å².